The number of nitrogens with zero attached hydrogens (tertiary/aromatic N) is 3. The highest BCUT2D eigenvalue weighted by atomic mass is 16.7. The number of aliphatic hydroxyl groups is 1. The molecule has 2 aromatic carbocycles. The van der Waals surface area contributed by atoms with E-state index in [9.17, 15) is 24.6 Å². The average Bonchev–Trinajstić information content (AvgIpc) is 3.74. The topological polar surface area (TPSA) is 146 Å². The molecule has 5 rings (SSSR count). The van der Waals surface area contributed by atoms with Crippen LogP contribution in [0.15, 0.2) is 36.4 Å². The predicted molar refractivity (Wildman–Crippen MR) is 160 cm³/mol. The number of nitrogens with two attached hydrogens (primary N) is 1. The van der Waals surface area contributed by atoms with Gasteiger partial charge in [0, 0.05) is 62.4 Å². The number of anilines is 1. The van der Waals surface area contributed by atoms with Crippen LogP contribution >= 0.6 is 0 Å². The standard InChI is InChI=1S/C32H42N4O7/c1-2-3-11-36(24-7-4-6-21(13-24)16-33)29(39)18-35-17-25(22-14-23(19-37)31-27(15-22)42-20-43-31)30(32(40)41)26(35)9-12-34-10-5-8-28(34)38/h4,6-7,13-15,25-26,30,37H,2-3,5,8-12,16-20,33H2,1H3,(H,40,41)/t25-,26+,30-/m1/s1. The van der Waals surface area contributed by atoms with Crippen molar-refractivity contribution in [1.82, 2.24) is 9.80 Å². The van der Waals surface area contributed by atoms with Crippen molar-refractivity contribution in [3.63, 3.8) is 0 Å². The number of benzene rings is 2. The summed E-state index contributed by atoms with van der Waals surface area (Å²) in [5.74, 6) is -1.34. The first kappa shape index (κ1) is 30.8. The van der Waals surface area contributed by atoms with Crippen molar-refractivity contribution in [2.75, 3.05) is 44.4 Å². The molecule has 0 radical (unpaired) electrons. The van der Waals surface area contributed by atoms with Crippen LogP contribution in [0.5, 0.6) is 11.5 Å². The van der Waals surface area contributed by atoms with Gasteiger partial charge in [0.1, 0.15) is 0 Å². The first-order valence-corrected chi connectivity index (χ1v) is 15.2. The molecule has 0 aromatic heterocycles. The van der Waals surface area contributed by atoms with Crippen molar-refractivity contribution >= 4 is 23.5 Å². The minimum atomic E-state index is -0.959. The summed E-state index contributed by atoms with van der Waals surface area (Å²) in [5, 5.41) is 20.6. The molecule has 2 aromatic rings. The number of aliphatic hydroxyl groups excluding tert-OH is 1. The fourth-order valence-electron chi connectivity index (χ4n) is 6.68. The molecule has 43 heavy (non-hydrogen) atoms. The lowest BCUT2D eigenvalue weighted by atomic mass is 9.83. The Hall–Kier alpha value is -3.67. The lowest BCUT2D eigenvalue weighted by Gasteiger charge is -2.31. The molecule has 0 bridgehead atoms. The normalized spacial score (nSPS) is 21.5. The largest absolute Gasteiger partial charge is 0.481 e. The highest BCUT2D eigenvalue weighted by Crippen LogP contribution is 2.44. The van der Waals surface area contributed by atoms with Crippen molar-refractivity contribution < 1.29 is 34.1 Å². The molecule has 0 spiro atoms. The minimum Gasteiger partial charge on any atom is -0.481 e. The summed E-state index contributed by atoms with van der Waals surface area (Å²) in [6.07, 6.45) is 3.47. The third-order valence-electron chi connectivity index (χ3n) is 8.90. The van der Waals surface area contributed by atoms with Gasteiger partial charge in [0.25, 0.3) is 0 Å². The van der Waals surface area contributed by atoms with E-state index >= 15 is 0 Å². The van der Waals surface area contributed by atoms with Crippen LogP contribution < -0.4 is 20.1 Å². The Labute approximate surface area is 252 Å². The molecule has 3 atom stereocenters. The number of ether oxygens (including phenoxy) is 2. The second-order valence-electron chi connectivity index (χ2n) is 11.6. The number of carboxylic acid groups (broad SMARTS) is 1. The van der Waals surface area contributed by atoms with Gasteiger partial charge >= 0.3 is 5.97 Å². The third kappa shape index (κ3) is 6.63. The summed E-state index contributed by atoms with van der Waals surface area (Å²) in [5.41, 5.74) is 8.83. The maximum absolute atomic E-state index is 14.0. The van der Waals surface area contributed by atoms with Crippen LogP contribution in [0.25, 0.3) is 0 Å². The number of hydrogen-bond acceptors (Lipinski definition) is 8. The fourth-order valence-corrected chi connectivity index (χ4v) is 6.68. The highest BCUT2D eigenvalue weighted by Gasteiger charge is 2.48. The van der Waals surface area contributed by atoms with Gasteiger partial charge in [0.05, 0.1) is 19.1 Å². The van der Waals surface area contributed by atoms with Crippen LogP contribution in [-0.4, -0.2) is 83.4 Å². The van der Waals surface area contributed by atoms with E-state index in [2.05, 4.69) is 6.92 Å². The molecule has 2 saturated heterocycles. The predicted octanol–water partition coefficient (Wildman–Crippen LogP) is 2.68. The first-order valence-electron chi connectivity index (χ1n) is 15.2. The fraction of sp³-hybridized carbons (Fsp3) is 0.531. The molecule has 0 saturated carbocycles. The van der Waals surface area contributed by atoms with E-state index in [4.69, 9.17) is 15.2 Å². The van der Waals surface area contributed by atoms with Crippen LogP contribution in [0.4, 0.5) is 5.69 Å². The van der Waals surface area contributed by atoms with Gasteiger partial charge in [-0.15, -0.1) is 0 Å². The number of unbranched alkanes of at least 4 members (excludes halogenated alkanes) is 1. The van der Waals surface area contributed by atoms with Crippen molar-refractivity contribution in [3.05, 3.63) is 53.1 Å². The van der Waals surface area contributed by atoms with Crippen LogP contribution in [-0.2, 0) is 27.5 Å². The maximum atomic E-state index is 14.0. The quantitative estimate of drug-likeness (QED) is 0.319. The van der Waals surface area contributed by atoms with E-state index < -0.39 is 23.8 Å². The Balaban J connectivity index is 1.46. The van der Waals surface area contributed by atoms with E-state index in [1.165, 1.54) is 0 Å². The Morgan fingerprint density at radius 2 is 2.02 bits per heavy atom. The lowest BCUT2D eigenvalue weighted by molar-refractivity contribution is -0.143. The molecule has 3 heterocycles. The zero-order valence-electron chi connectivity index (χ0n) is 24.7. The summed E-state index contributed by atoms with van der Waals surface area (Å²) >= 11 is 0. The van der Waals surface area contributed by atoms with Gasteiger partial charge < -0.3 is 35.2 Å². The summed E-state index contributed by atoms with van der Waals surface area (Å²) < 4.78 is 11.1. The summed E-state index contributed by atoms with van der Waals surface area (Å²) in [4.78, 5) is 44.9. The van der Waals surface area contributed by atoms with Crippen LogP contribution in [0, 0.1) is 5.92 Å². The van der Waals surface area contributed by atoms with Gasteiger partial charge in [0.2, 0.25) is 18.6 Å². The van der Waals surface area contributed by atoms with Crippen molar-refractivity contribution in [2.45, 2.75) is 64.1 Å². The SMILES string of the molecule is CCCCN(C(=O)CN1C[C@H](c2cc(CO)c3c(c2)OCO3)[C@@H](C(=O)O)[C@@H]1CCN1CCCC1=O)c1cccc(CN)c1. The van der Waals surface area contributed by atoms with E-state index in [0.29, 0.717) is 62.6 Å². The first-order chi connectivity index (χ1) is 20.8. The van der Waals surface area contributed by atoms with Crippen molar-refractivity contribution in [2.24, 2.45) is 11.7 Å². The molecule has 2 fully saturated rings. The zero-order chi connectivity index (χ0) is 30.5. The number of carbonyl (C=O) groups is 3. The molecule has 4 N–H and O–H groups in total. The van der Waals surface area contributed by atoms with Crippen molar-refractivity contribution in [1.29, 1.82) is 0 Å². The second-order valence-corrected chi connectivity index (χ2v) is 11.6. The summed E-state index contributed by atoms with van der Waals surface area (Å²) in [6.45, 7) is 4.19. The minimum absolute atomic E-state index is 0.0326. The number of likely N-dealkylation sites (tertiary alicyclic amines) is 2. The van der Waals surface area contributed by atoms with Crippen LogP contribution in [0.2, 0.25) is 0 Å². The number of amides is 2. The number of rotatable bonds is 13. The Bertz CT molecular complexity index is 1330. The molecular weight excluding hydrogens is 552 g/mol. The summed E-state index contributed by atoms with van der Waals surface area (Å²) in [7, 11) is 0. The maximum Gasteiger partial charge on any atom is 0.308 e. The molecular formula is C32H42N4O7. The van der Waals surface area contributed by atoms with E-state index in [1.807, 2.05) is 29.2 Å². The Kier molecular flexibility index (Phi) is 9.84. The molecule has 0 aliphatic carbocycles. The van der Waals surface area contributed by atoms with Crippen molar-refractivity contribution in [3.8, 4) is 11.5 Å². The van der Waals surface area contributed by atoms with Gasteiger partial charge in [-0.05, 0) is 54.7 Å². The highest BCUT2D eigenvalue weighted by molar-refractivity contribution is 5.95. The van der Waals surface area contributed by atoms with E-state index in [1.54, 1.807) is 21.9 Å². The second kappa shape index (κ2) is 13.7. The van der Waals surface area contributed by atoms with Gasteiger partial charge in [0.15, 0.2) is 11.5 Å². The molecule has 3 aliphatic rings. The number of fused-ring (bicyclic) bond motifs is 1. The molecule has 0 unspecified atom stereocenters. The summed E-state index contributed by atoms with van der Waals surface area (Å²) in [6, 6.07) is 10.7. The molecule has 3 aliphatic heterocycles. The van der Waals surface area contributed by atoms with Gasteiger partial charge in [-0.2, -0.15) is 0 Å². The molecule has 11 nitrogen and oxygen atoms in total. The van der Waals surface area contributed by atoms with Gasteiger partial charge in [-0.3, -0.25) is 19.3 Å². The van der Waals surface area contributed by atoms with E-state index in [0.717, 1.165) is 36.1 Å². The lowest BCUT2D eigenvalue weighted by Crippen LogP contribution is -2.45. The monoisotopic (exact) mass is 594 g/mol. The molecule has 11 heteroatoms. The van der Waals surface area contributed by atoms with Gasteiger partial charge in [-0.25, -0.2) is 0 Å². The average molecular weight is 595 g/mol. The molecule has 232 valence electrons. The number of carbonyl (C=O) groups excluding carboxylic acids is 2. The zero-order valence-corrected chi connectivity index (χ0v) is 24.7. The van der Waals surface area contributed by atoms with Crippen LogP contribution in [0.3, 0.4) is 0 Å². The van der Waals surface area contributed by atoms with Crippen LogP contribution in [0.1, 0.15) is 61.6 Å². The number of aliphatic carboxylic acids is 1. The Morgan fingerprint density at radius 1 is 1.19 bits per heavy atom. The third-order valence-corrected chi connectivity index (χ3v) is 8.90. The smallest absolute Gasteiger partial charge is 0.308 e. The van der Waals surface area contributed by atoms with Gasteiger partial charge in [-0.1, -0.05) is 25.5 Å². The van der Waals surface area contributed by atoms with E-state index in [-0.39, 0.29) is 31.8 Å². The number of hydrogen-bond donors (Lipinski definition) is 3. The Morgan fingerprint density at radius 3 is 2.72 bits per heavy atom. The number of carboxylic acids is 1. The molecule has 2 amide bonds.